The Kier molecular flexibility index (Phi) is 4.27. The zero-order valence-electron chi connectivity index (χ0n) is 10.2. The highest BCUT2D eigenvalue weighted by molar-refractivity contribution is 6.31. The molecule has 2 aromatic rings. The Hall–Kier alpha value is -2.47. The second kappa shape index (κ2) is 6.12. The first-order chi connectivity index (χ1) is 9.58. The summed E-state index contributed by atoms with van der Waals surface area (Å²) >= 11 is 5.77. The third-order valence-corrected chi connectivity index (χ3v) is 2.84. The van der Waals surface area contributed by atoms with Crippen molar-refractivity contribution in [3.8, 4) is 0 Å². The zero-order valence-corrected chi connectivity index (χ0v) is 11.0. The number of carbonyl (C=O) groups is 1. The van der Waals surface area contributed by atoms with Crippen LogP contribution in [0.3, 0.4) is 0 Å². The molecule has 0 aliphatic carbocycles. The largest absolute Gasteiger partial charge is 0.348 e. The lowest BCUT2D eigenvalue weighted by atomic mass is 10.1. The molecular weight excluding hydrogens is 282 g/mol. The van der Waals surface area contributed by atoms with Gasteiger partial charge >= 0.3 is 0 Å². The number of carbonyl (C=O) groups excluding carboxylic acids is 1. The van der Waals surface area contributed by atoms with E-state index in [1.807, 2.05) is 0 Å². The Balaban J connectivity index is 2.17. The Morgan fingerprint density at radius 2 is 2.00 bits per heavy atom. The summed E-state index contributed by atoms with van der Waals surface area (Å²) in [4.78, 5) is 26.1. The van der Waals surface area contributed by atoms with Crippen LogP contribution >= 0.6 is 11.6 Å². The molecule has 0 spiro atoms. The summed E-state index contributed by atoms with van der Waals surface area (Å²) in [6.07, 6.45) is 3.20. The fraction of sp³-hybridized carbons (Fsp3) is 0.0769. The van der Waals surface area contributed by atoms with Gasteiger partial charge in [0.05, 0.1) is 4.92 Å². The van der Waals surface area contributed by atoms with Gasteiger partial charge in [0.15, 0.2) is 0 Å². The molecule has 0 saturated carbocycles. The molecule has 1 aromatic carbocycles. The number of hydrogen-bond donors (Lipinski definition) is 1. The maximum Gasteiger partial charge on any atom is 0.282 e. The molecule has 6 nitrogen and oxygen atoms in total. The molecule has 1 amide bonds. The number of hydrogen-bond acceptors (Lipinski definition) is 4. The van der Waals surface area contributed by atoms with E-state index in [1.54, 1.807) is 24.5 Å². The molecule has 0 radical (unpaired) electrons. The monoisotopic (exact) mass is 291 g/mol. The van der Waals surface area contributed by atoms with Crippen LogP contribution in [0.4, 0.5) is 5.69 Å². The molecule has 7 heteroatoms. The third kappa shape index (κ3) is 3.30. The molecule has 1 aromatic heterocycles. The highest BCUT2D eigenvalue weighted by Crippen LogP contribution is 2.22. The number of nitrogens with one attached hydrogen (secondary N) is 1. The van der Waals surface area contributed by atoms with E-state index < -0.39 is 10.8 Å². The normalized spacial score (nSPS) is 10.1. The van der Waals surface area contributed by atoms with E-state index >= 15 is 0 Å². The smallest absolute Gasteiger partial charge is 0.282 e. The van der Waals surface area contributed by atoms with Gasteiger partial charge in [-0.2, -0.15) is 0 Å². The third-order valence-electron chi connectivity index (χ3n) is 2.60. The van der Waals surface area contributed by atoms with E-state index in [9.17, 15) is 14.9 Å². The van der Waals surface area contributed by atoms with Crippen molar-refractivity contribution in [2.45, 2.75) is 6.54 Å². The summed E-state index contributed by atoms with van der Waals surface area (Å²) in [5.74, 6) is -0.545. The SMILES string of the molecule is O=C(NCc1ccncc1)c1cc(Cl)ccc1[N+](=O)[O-]. The van der Waals surface area contributed by atoms with Crippen molar-refractivity contribution in [3.63, 3.8) is 0 Å². The van der Waals surface area contributed by atoms with Crippen molar-refractivity contribution in [2.75, 3.05) is 0 Å². The van der Waals surface area contributed by atoms with Crippen LogP contribution in [-0.4, -0.2) is 15.8 Å². The van der Waals surface area contributed by atoms with Gasteiger partial charge in [-0.3, -0.25) is 19.9 Å². The molecule has 0 aliphatic heterocycles. The van der Waals surface area contributed by atoms with Gasteiger partial charge < -0.3 is 5.32 Å². The number of amides is 1. The summed E-state index contributed by atoms with van der Waals surface area (Å²) in [5.41, 5.74) is 0.510. The number of nitro groups is 1. The fourth-order valence-corrected chi connectivity index (χ4v) is 1.80. The first-order valence-electron chi connectivity index (χ1n) is 5.69. The quantitative estimate of drug-likeness (QED) is 0.693. The minimum atomic E-state index is -0.613. The zero-order chi connectivity index (χ0) is 14.5. The summed E-state index contributed by atoms with van der Waals surface area (Å²) in [6, 6.07) is 7.35. The number of rotatable bonds is 4. The molecule has 0 unspecified atom stereocenters. The number of nitro benzene ring substituents is 1. The molecule has 1 heterocycles. The van der Waals surface area contributed by atoms with Crippen LogP contribution in [0.15, 0.2) is 42.7 Å². The van der Waals surface area contributed by atoms with Crippen LogP contribution in [-0.2, 0) is 6.54 Å². The maximum absolute atomic E-state index is 12.0. The van der Waals surface area contributed by atoms with Gasteiger partial charge in [-0.15, -0.1) is 0 Å². The van der Waals surface area contributed by atoms with Gasteiger partial charge in [-0.25, -0.2) is 0 Å². The molecule has 0 bridgehead atoms. The summed E-state index contributed by atoms with van der Waals surface area (Å²) in [6.45, 7) is 0.255. The number of pyridine rings is 1. The standard InChI is InChI=1S/C13H10ClN3O3/c14-10-1-2-12(17(19)20)11(7-10)13(18)16-8-9-3-5-15-6-4-9/h1-7H,8H2,(H,16,18). The highest BCUT2D eigenvalue weighted by Gasteiger charge is 2.20. The lowest BCUT2D eigenvalue weighted by molar-refractivity contribution is -0.385. The Labute approximate surface area is 119 Å². The van der Waals surface area contributed by atoms with E-state index in [2.05, 4.69) is 10.3 Å². The van der Waals surface area contributed by atoms with Crippen molar-refractivity contribution < 1.29 is 9.72 Å². The van der Waals surface area contributed by atoms with E-state index in [1.165, 1.54) is 18.2 Å². The first kappa shape index (κ1) is 14.0. The van der Waals surface area contributed by atoms with E-state index in [0.717, 1.165) is 5.56 Å². The van der Waals surface area contributed by atoms with Crippen molar-refractivity contribution in [1.82, 2.24) is 10.3 Å². The minimum Gasteiger partial charge on any atom is -0.348 e. The molecule has 1 N–H and O–H groups in total. The number of benzene rings is 1. The van der Waals surface area contributed by atoms with Crippen LogP contribution in [0.2, 0.25) is 5.02 Å². The van der Waals surface area contributed by atoms with Gasteiger partial charge in [0.25, 0.3) is 11.6 Å². The molecule has 102 valence electrons. The van der Waals surface area contributed by atoms with Crippen LogP contribution in [0.1, 0.15) is 15.9 Å². The van der Waals surface area contributed by atoms with Crippen molar-refractivity contribution in [2.24, 2.45) is 0 Å². The molecule has 0 saturated heterocycles. The predicted octanol–water partition coefficient (Wildman–Crippen LogP) is 2.57. The second-order valence-electron chi connectivity index (χ2n) is 3.96. The van der Waals surface area contributed by atoms with Gasteiger partial charge in [0.2, 0.25) is 0 Å². The lowest BCUT2D eigenvalue weighted by Crippen LogP contribution is -2.23. The number of aromatic nitrogens is 1. The summed E-state index contributed by atoms with van der Waals surface area (Å²) in [5, 5.41) is 13.8. The molecule has 0 aliphatic rings. The number of halogens is 1. The van der Waals surface area contributed by atoms with Crippen molar-refractivity contribution in [3.05, 3.63) is 69.0 Å². The van der Waals surface area contributed by atoms with E-state index in [4.69, 9.17) is 11.6 Å². The topological polar surface area (TPSA) is 85.1 Å². The summed E-state index contributed by atoms with van der Waals surface area (Å²) < 4.78 is 0. The van der Waals surface area contributed by atoms with Crippen LogP contribution < -0.4 is 5.32 Å². The fourth-order valence-electron chi connectivity index (χ4n) is 1.63. The Bertz CT molecular complexity index is 647. The molecule has 0 atom stereocenters. The van der Waals surface area contributed by atoms with Gasteiger partial charge in [-0.1, -0.05) is 11.6 Å². The van der Waals surface area contributed by atoms with Gasteiger partial charge in [0.1, 0.15) is 5.56 Å². The molecule has 2 rings (SSSR count). The summed E-state index contributed by atoms with van der Waals surface area (Å²) in [7, 11) is 0. The highest BCUT2D eigenvalue weighted by atomic mass is 35.5. The van der Waals surface area contributed by atoms with Crippen LogP contribution in [0, 0.1) is 10.1 Å². The van der Waals surface area contributed by atoms with Crippen LogP contribution in [0.25, 0.3) is 0 Å². The first-order valence-corrected chi connectivity index (χ1v) is 6.07. The van der Waals surface area contributed by atoms with Gasteiger partial charge in [-0.05, 0) is 29.8 Å². The Morgan fingerprint density at radius 1 is 1.30 bits per heavy atom. The maximum atomic E-state index is 12.0. The lowest BCUT2D eigenvalue weighted by Gasteiger charge is -2.06. The van der Waals surface area contributed by atoms with E-state index in [0.29, 0.717) is 0 Å². The molecule has 20 heavy (non-hydrogen) atoms. The Morgan fingerprint density at radius 3 is 2.65 bits per heavy atom. The minimum absolute atomic E-state index is 0.0587. The van der Waals surface area contributed by atoms with E-state index in [-0.39, 0.29) is 22.8 Å². The number of nitrogens with zero attached hydrogens (tertiary/aromatic N) is 2. The van der Waals surface area contributed by atoms with Crippen molar-refractivity contribution >= 4 is 23.2 Å². The van der Waals surface area contributed by atoms with Gasteiger partial charge in [0, 0.05) is 30.0 Å². The molecular formula is C13H10ClN3O3. The van der Waals surface area contributed by atoms with Crippen LogP contribution in [0.5, 0.6) is 0 Å². The second-order valence-corrected chi connectivity index (χ2v) is 4.39. The van der Waals surface area contributed by atoms with Crippen molar-refractivity contribution in [1.29, 1.82) is 0 Å². The average molecular weight is 292 g/mol. The molecule has 0 fully saturated rings. The predicted molar refractivity (Wildman–Crippen MR) is 73.5 cm³/mol. The average Bonchev–Trinajstić information content (AvgIpc) is 2.45.